The highest BCUT2D eigenvalue weighted by molar-refractivity contribution is 5.95. The first-order chi connectivity index (χ1) is 17.2. The van der Waals surface area contributed by atoms with Gasteiger partial charge in [0.1, 0.15) is 5.75 Å². The molecule has 186 valence electrons. The molecular weight excluding hydrogens is 471 g/mol. The number of hydrogen-bond donors (Lipinski definition) is 0. The molecule has 1 aromatic carbocycles. The summed E-state index contributed by atoms with van der Waals surface area (Å²) in [4.78, 5) is 22.8. The minimum Gasteiger partial charge on any atom is -0.497 e. The van der Waals surface area contributed by atoms with E-state index >= 15 is 0 Å². The second kappa shape index (κ2) is 8.92. The largest absolute Gasteiger partial charge is 0.497 e. The molecule has 36 heavy (non-hydrogen) atoms. The number of pyridine rings is 1. The number of alkyl halides is 3. The summed E-state index contributed by atoms with van der Waals surface area (Å²) in [5.74, 6) is 0.819. The molecule has 1 unspecified atom stereocenters. The predicted octanol–water partition coefficient (Wildman–Crippen LogP) is 5.34. The highest BCUT2D eigenvalue weighted by atomic mass is 19.4. The number of rotatable bonds is 7. The van der Waals surface area contributed by atoms with Gasteiger partial charge in [-0.1, -0.05) is 12.7 Å². The van der Waals surface area contributed by atoms with Crippen molar-refractivity contribution in [2.75, 3.05) is 7.11 Å². The molecule has 4 aromatic rings. The van der Waals surface area contributed by atoms with E-state index < -0.39 is 11.9 Å². The van der Waals surface area contributed by atoms with Gasteiger partial charge in [0.05, 0.1) is 36.1 Å². The molecule has 10 heteroatoms. The zero-order valence-corrected chi connectivity index (χ0v) is 19.8. The zero-order chi connectivity index (χ0) is 25.6. The van der Waals surface area contributed by atoms with Crippen LogP contribution in [0.25, 0.3) is 28.1 Å². The standard InChI is InChI=1S/C26H24F3N5O2/c1-4-15-10-18(20-13-33(5-2)32-24(20)26(27,28)29)22-19(11-15)25(35)34(14-31-22)23(16-6-7-16)21-12-17(36-3)8-9-30-21/h4,8-14,16,23H,1,5-7H2,2-3H3. The van der Waals surface area contributed by atoms with E-state index in [9.17, 15) is 18.0 Å². The first kappa shape index (κ1) is 23.8. The van der Waals surface area contributed by atoms with E-state index in [1.807, 2.05) is 0 Å². The molecule has 0 bridgehead atoms. The Morgan fingerprint density at radius 2 is 2.00 bits per heavy atom. The van der Waals surface area contributed by atoms with Gasteiger partial charge in [0.25, 0.3) is 5.56 Å². The van der Waals surface area contributed by atoms with Crippen LogP contribution in [0.15, 0.2) is 54.4 Å². The fraction of sp³-hybridized carbons (Fsp3) is 0.308. The molecule has 0 N–H and O–H groups in total. The molecule has 0 aliphatic heterocycles. The SMILES string of the molecule is C=Cc1cc(-c2cn(CC)nc2C(F)(F)F)c2ncn(C(c3cc(OC)ccn3)C3CC3)c(=O)c2c1. The lowest BCUT2D eigenvalue weighted by atomic mass is 9.99. The maximum absolute atomic E-state index is 13.9. The Balaban J connectivity index is 1.74. The third-order valence-electron chi connectivity index (χ3n) is 6.45. The number of halogens is 3. The number of hydrogen-bond acceptors (Lipinski definition) is 5. The van der Waals surface area contributed by atoms with Gasteiger partial charge in [-0.2, -0.15) is 18.3 Å². The summed E-state index contributed by atoms with van der Waals surface area (Å²) in [5.41, 5.74) is 0.0307. The van der Waals surface area contributed by atoms with Gasteiger partial charge in [0.15, 0.2) is 5.69 Å². The maximum atomic E-state index is 13.9. The van der Waals surface area contributed by atoms with Crippen LogP contribution >= 0.6 is 0 Å². The van der Waals surface area contributed by atoms with Gasteiger partial charge in [-0.15, -0.1) is 0 Å². The number of benzene rings is 1. The number of ether oxygens (including phenoxy) is 1. The normalized spacial score (nSPS) is 14.7. The van der Waals surface area contributed by atoms with Gasteiger partial charge in [-0.3, -0.25) is 19.0 Å². The highest BCUT2D eigenvalue weighted by Crippen LogP contribution is 2.43. The molecule has 5 rings (SSSR count). The van der Waals surface area contributed by atoms with E-state index in [4.69, 9.17) is 4.74 Å². The fourth-order valence-corrected chi connectivity index (χ4v) is 4.52. The summed E-state index contributed by atoms with van der Waals surface area (Å²) in [6.45, 7) is 5.73. The Morgan fingerprint density at radius 1 is 1.22 bits per heavy atom. The quantitative estimate of drug-likeness (QED) is 0.346. The lowest BCUT2D eigenvalue weighted by molar-refractivity contribution is -0.141. The van der Waals surface area contributed by atoms with Crippen molar-refractivity contribution in [2.24, 2.45) is 5.92 Å². The van der Waals surface area contributed by atoms with Crippen molar-refractivity contribution >= 4 is 17.0 Å². The van der Waals surface area contributed by atoms with Crippen molar-refractivity contribution in [3.63, 3.8) is 0 Å². The van der Waals surface area contributed by atoms with Crippen molar-refractivity contribution in [1.29, 1.82) is 0 Å². The van der Waals surface area contributed by atoms with E-state index in [1.54, 1.807) is 44.5 Å². The number of aromatic nitrogens is 5. The van der Waals surface area contributed by atoms with Gasteiger partial charge < -0.3 is 4.74 Å². The average molecular weight is 496 g/mol. The predicted molar refractivity (Wildman–Crippen MR) is 130 cm³/mol. The second-order valence-corrected chi connectivity index (χ2v) is 8.77. The molecule has 3 heterocycles. The van der Waals surface area contributed by atoms with Gasteiger partial charge >= 0.3 is 6.18 Å². The Hall–Kier alpha value is -3.95. The summed E-state index contributed by atoms with van der Waals surface area (Å²) in [7, 11) is 1.56. The average Bonchev–Trinajstić information content (AvgIpc) is 3.60. The number of methoxy groups -OCH3 is 1. The van der Waals surface area contributed by atoms with Crippen molar-refractivity contribution in [3.8, 4) is 16.9 Å². The van der Waals surface area contributed by atoms with E-state index in [0.717, 1.165) is 12.8 Å². The summed E-state index contributed by atoms with van der Waals surface area (Å²) >= 11 is 0. The van der Waals surface area contributed by atoms with Crippen LogP contribution in [-0.2, 0) is 12.7 Å². The monoisotopic (exact) mass is 495 g/mol. The topological polar surface area (TPSA) is 74.8 Å². The minimum atomic E-state index is -4.67. The van der Waals surface area contributed by atoms with Crippen molar-refractivity contribution < 1.29 is 17.9 Å². The fourth-order valence-electron chi connectivity index (χ4n) is 4.52. The van der Waals surface area contributed by atoms with E-state index in [2.05, 4.69) is 21.6 Å². The summed E-state index contributed by atoms with van der Waals surface area (Å²) in [5, 5.41) is 3.93. The van der Waals surface area contributed by atoms with E-state index in [1.165, 1.54) is 27.8 Å². The maximum Gasteiger partial charge on any atom is 0.435 e. The molecule has 0 spiro atoms. The number of nitrogens with zero attached hydrogens (tertiary/aromatic N) is 5. The van der Waals surface area contributed by atoms with Crippen LogP contribution < -0.4 is 10.3 Å². The molecule has 1 saturated carbocycles. The van der Waals surface area contributed by atoms with Crippen molar-refractivity contribution in [1.82, 2.24) is 24.3 Å². The molecule has 0 radical (unpaired) electrons. The molecule has 1 aliphatic rings. The van der Waals surface area contributed by atoms with Crippen LogP contribution in [0.4, 0.5) is 13.2 Å². The van der Waals surface area contributed by atoms with Crippen LogP contribution in [-0.4, -0.2) is 31.4 Å². The Bertz CT molecular complexity index is 1520. The smallest absolute Gasteiger partial charge is 0.435 e. The Morgan fingerprint density at radius 3 is 2.64 bits per heavy atom. The highest BCUT2D eigenvalue weighted by Gasteiger charge is 2.39. The van der Waals surface area contributed by atoms with Crippen LogP contribution in [0.2, 0.25) is 0 Å². The first-order valence-corrected chi connectivity index (χ1v) is 11.6. The third-order valence-corrected chi connectivity index (χ3v) is 6.45. The van der Waals surface area contributed by atoms with Crippen LogP contribution in [0, 0.1) is 5.92 Å². The summed E-state index contributed by atoms with van der Waals surface area (Å²) in [6.07, 6.45) is 3.05. The Labute approximate surface area is 204 Å². The Kier molecular flexibility index (Phi) is 5.89. The molecule has 0 amide bonds. The van der Waals surface area contributed by atoms with Gasteiger partial charge in [0.2, 0.25) is 0 Å². The minimum absolute atomic E-state index is 0.129. The number of fused-ring (bicyclic) bond motifs is 1. The van der Waals surface area contributed by atoms with Gasteiger partial charge in [-0.25, -0.2) is 4.98 Å². The molecule has 3 aromatic heterocycles. The summed E-state index contributed by atoms with van der Waals surface area (Å²) < 4.78 is 49.7. The molecule has 1 fully saturated rings. The lowest BCUT2D eigenvalue weighted by Gasteiger charge is -2.20. The molecule has 0 saturated heterocycles. The molecule has 1 atom stereocenters. The second-order valence-electron chi connectivity index (χ2n) is 8.77. The van der Waals surface area contributed by atoms with Crippen LogP contribution in [0.1, 0.15) is 42.8 Å². The molecule has 7 nitrogen and oxygen atoms in total. The lowest BCUT2D eigenvalue weighted by Crippen LogP contribution is -2.28. The first-order valence-electron chi connectivity index (χ1n) is 11.6. The summed E-state index contributed by atoms with van der Waals surface area (Å²) in [6, 6.07) is 6.32. The molecular formula is C26H24F3N5O2. The van der Waals surface area contributed by atoms with Gasteiger partial charge in [0, 0.05) is 36.1 Å². The van der Waals surface area contributed by atoms with E-state index in [0.29, 0.717) is 17.0 Å². The third kappa shape index (κ3) is 4.16. The van der Waals surface area contributed by atoms with Crippen molar-refractivity contribution in [2.45, 2.75) is 38.5 Å². The zero-order valence-electron chi connectivity index (χ0n) is 19.8. The van der Waals surface area contributed by atoms with Crippen LogP contribution in [0.3, 0.4) is 0 Å². The van der Waals surface area contributed by atoms with E-state index in [-0.39, 0.29) is 46.1 Å². The molecule has 1 aliphatic carbocycles. The van der Waals surface area contributed by atoms with Crippen molar-refractivity contribution in [3.05, 3.63) is 76.9 Å². The van der Waals surface area contributed by atoms with Gasteiger partial charge in [-0.05, 0) is 49.4 Å². The number of aryl methyl sites for hydroxylation is 1. The van der Waals surface area contributed by atoms with Crippen LogP contribution in [0.5, 0.6) is 5.75 Å².